The third-order valence-corrected chi connectivity index (χ3v) is 4.24. The molecule has 1 heterocycles. The maximum atomic E-state index is 13.0. The lowest BCUT2D eigenvalue weighted by Crippen LogP contribution is -2.41. The molecule has 1 saturated heterocycles. The van der Waals surface area contributed by atoms with E-state index in [1.165, 1.54) is 16.9 Å². The van der Waals surface area contributed by atoms with Gasteiger partial charge < -0.3 is 4.79 Å². The van der Waals surface area contributed by atoms with Crippen LogP contribution in [0.25, 0.3) is 0 Å². The van der Waals surface area contributed by atoms with Crippen molar-refractivity contribution in [3.05, 3.63) is 60.7 Å². The number of amides is 2. The second-order valence-electron chi connectivity index (χ2n) is 6.12. The smallest absolute Gasteiger partial charge is 0.258 e. The normalized spacial score (nSPS) is 15.1. The van der Waals surface area contributed by atoms with Crippen LogP contribution in [-0.4, -0.2) is 17.6 Å². The van der Waals surface area contributed by atoms with Crippen molar-refractivity contribution in [3.63, 3.8) is 0 Å². The Labute approximate surface area is 146 Å². The number of benzene rings is 2. The third-order valence-electron chi connectivity index (χ3n) is 4.24. The zero-order valence-electron chi connectivity index (χ0n) is 14.1. The van der Waals surface area contributed by atoms with Gasteiger partial charge >= 0.3 is 0 Å². The first kappa shape index (κ1) is 16.9. The van der Waals surface area contributed by atoms with Crippen LogP contribution in [-0.2, 0) is 14.4 Å². The van der Waals surface area contributed by atoms with E-state index in [1.807, 2.05) is 36.4 Å². The number of nitrogens with zero attached hydrogens (tertiary/aromatic N) is 2. The fraction of sp³-hybridized carbons (Fsp3) is 0.250. The van der Waals surface area contributed by atoms with Gasteiger partial charge in [0.05, 0.1) is 11.4 Å². The van der Waals surface area contributed by atoms with Crippen LogP contribution in [0.2, 0.25) is 0 Å². The number of hydrazine groups is 1. The molecule has 5 nitrogen and oxygen atoms in total. The lowest BCUT2D eigenvalue weighted by molar-refractivity contribution is -0.127. The molecular weight excluding hydrogens is 316 g/mol. The van der Waals surface area contributed by atoms with E-state index in [-0.39, 0.29) is 17.6 Å². The number of ketones is 1. The number of carbonyl (C=O) groups is 3. The van der Waals surface area contributed by atoms with Crippen molar-refractivity contribution in [1.82, 2.24) is 0 Å². The van der Waals surface area contributed by atoms with E-state index in [0.29, 0.717) is 30.6 Å². The minimum absolute atomic E-state index is 0.0673. The van der Waals surface area contributed by atoms with Gasteiger partial charge in [0.1, 0.15) is 11.7 Å². The van der Waals surface area contributed by atoms with Gasteiger partial charge in [0.25, 0.3) is 11.8 Å². The maximum absolute atomic E-state index is 13.0. The van der Waals surface area contributed by atoms with Gasteiger partial charge in [-0.2, -0.15) is 0 Å². The summed E-state index contributed by atoms with van der Waals surface area (Å²) in [6, 6.07) is 18.3. The summed E-state index contributed by atoms with van der Waals surface area (Å²) in [5.74, 6) is -1.18. The van der Waals surface area contributed by atoms with Crippen LogP contribution < -0.4 is 10.0 Å². The van der Waals surface area contributed by atoms with Gasteiger partial charge in [0.15, 0.2) is 0 Å². The topological polar surface area (TPSA) is 57.7 Å². The second-order valence-corrected chi connectivity index (χ2v) is 6.12. The molecule has 0 radical (unpaired) electrons. The van der Waals surface area contributed by atoms with Crippen molar-refractivity contribution in [2.75, 3.05) is 10.0 Å². The summed E-state index contributed by atoms with van der Waals surface area (Å²) < 4.78 is 0. The quantitative estimate of drug-likeness (QED) is 0.760. The zero-order chi connectivity index (χ0) is 17.8. The number of rotatable bonds is 6. The molecule has 1 aliphatic rings. The van der Waals surface area contributed by atoms with Crippen LogP contribution >= 0.6 is 0 Å². The number of carbonyl (C=O) groups excluding carboxylic acids is 3. The summed E-state index contributed by atoms with van der Waals surface area (Å²) in [7, 11) is 0. The van der Waals surface area contributed by atoms with Gasteiger partial charge in [-0.15, -0.1) is 0 Å². The molecule has 2 amide bonds. The molecule has 0 aromatic heterocycles. The van der Waals surface area contributed by atoms with Gasteiger partial charge in [-0.25, -0.2) is 10.0 Å². The Kier molecular flexibility index (Phi) is 4.93. The van der Waals surface area contributed by atoms with Crippen LogP contribution in [0.3, 0.4) is 0 Å². The first-order valence-electron chi connectivity index (χ1n) is 8.37. The molecule has 2 aromatic rings. The molecule has 0 N–H and O–H groups in total. The van der Waals surface area contributed by atoms with Crippen molar-refractivity contribution in [1.29, 1.82) is 0 Å². The van der Waals surface area contributed by atoms with E-state index in [4.69, 9.17) is 0 Å². The Bertz CT molecular complexity index is 717. The average molecular weight is 336 g/mol. The van der Waals surface area contributed by atoms with E-state index in [0.717, 1.165) is 0 Å². The second kappa shape index (κ2) is 7.30. The zero-order valence-corrected chi connectivity index (χ0v) is 14.1. The van der Waals surface area contributed by atoms with Crippen molar-refractivity contribution >= 4 is 29.0 Å². The van der Waals surface area contributed by atoms with Crippen LogP contribution in [0.4, 0.5) is 11.4 Å². The Morgan fingerprint density at radius 3 is 1.68 bits per heavy atom. The molecule has 5 heteroatoms. The highest BCUT2D eigenvalue weighted by Crippen LogP contribution is 2.33. The molecule has 128 valence electrons. The summed E-state index contributed by atoms with van der Waals surface area (Å²) in [6.07, 6.45) is 1.29. The SMILES string of the molecule is CC(=O)CCCC1C(=O)N(c2ccccc2)N(c2ccccc2)C1=O. The number of anilines is 2. The van der Waals surface area contributed by atoms with Crippen LogP contribution in [0.1, 0.15) is 26.2 Å². The largest absolute Gasteiger partial charge is 0.300 e. The summed E-state index contributed by atoms with van der Waals surface area (Å²) in [5, 5.41) is 2.88. The Morgan fingerprint density at radius 2 is 1.28 bits per heavy atom. The number of hydrogen-bond acceptors (Lipinski definition) is 3. The van der Waals surface area contributed by atoms with Crippen molar-refractivity contribution < 1.29 is 14.4 Å². The lowest BCUT2D eigenvalue weighted by atomic mass is 10.0. The first-order chi connectivity index (χ1) is 12.1. The summed E-state index contributed by atoms with van der Waals surface area (Å²) in [4.78, 5) is 37.1. The van der Waals surface area contributed by atoms with Gasteiger partial charge in [-0.3, -0.25) is 9.59 Å². The monoisotopic (exact) mass is 336 g/mol. The standard InChI is InChI=1S/C20H20N2O3/c1-15(23)9-8-14-18-19(24)21(16-10-4-2-5-11-16)22(20(18)25)17-12-6-3-7-13-17/h2-7,10-13,18H,8-9,14H2,1H3. The molecule has 2 aromatic carbocycles. The Hall–Kier alpha value is -2.95. The molecule has 0 aliphatic carbocycles. The van der Waals surface area contributed by atoms with E-state index in [9.17, 15) is 14.4 Å². The molecular formula is C20H20N2O3. The third kappa shape index (κ3) is 3.45. The average Bonchev–Trinajstić information content (AvgIpc) is 2.87. The highest BCUT2D eigenvalue weighted by atomic mass is 16.2. The number of hydrogen-bond donors (Lipinski definition) is 0. The summed E-state index contributed by atoms with van der Waals surface area (Å²) >= 11 is 0. The van der Waals surface area contributed by atoms with Gasteiger partial charge in [-0.1, -0.05) is 36.4 Å². The molecule has 0 spiro atoms. The molecule has 3 rings (SSSR count). The van der Waals surface area contributed by atoms with Crippen LogP contribution in [0, 0.1) is 5.92 Å². The molecule has 0 bridgehead atoms. The van der Waals surface area contributed by atoms with Gasteiger partial charge in [0.2, 0.25) is 0 Å². The molecule has 1 aliphatic heterocycles. The van der Waals surface area contributed by atoms with Crippen molar-refractivity contribution in [2.24, 2.45) is 5.92 Å². The minimum atomic E-state index is -0.750. The Morgan fingerprint density at radius 1 is 0.840 bits per heavy atom. The highest BCUT2D eigenvalue weighted by molar-refractivity contribution is 6.23. The maximum Gasteiger partial charge on any atom is 0.258 e. The van der Waals surface area contributed by atoms with Crippen molar-refractivity contribution in [2.45, 2.75) is 26.2 Å². The molecule has 1 fully saturated rings. The predicted molar refractivity (Wildman–Crippen MR) is 95.9 cm³/mol. The van der Waals surface area contributed by atoms with Gasteiger partial charge in [0, 0.05) is 6.42 Å². The van der Waals surface area contributed by atoms with Crippen LogP contribution in [0.5, 0.6) is 0 Å². The Balaban J connectivity index is 1.94. The van der Waals surface area contributed by atoms with E-state index < -0.39 is 5.92 Å². The predicted octanol–water partition coefficient (Wildman–Crippen LogP) is 3.36. The van der Waals surface area contributed by atoms with Crippen molar-refractivity contribution in [3.8, 4) is 0 Å². The van der Waals surface area contributed by atoms with Crippen LogP contribution in [0.15, 0.2) is 60.7 Å². The molecule has 0 atom stereocenters. The van der Waals surface area contributed by atoms with Gasteiger partial charge in [-0.05, 0) is 44.0 Å². The number of Topliss-reactive ketones (excluding diaryl/α,β-unsaturated/α-hetero) is 1. The highest BCUT2D eigenvalue weighted by Gasteiger charge is 2.46. The molecule has 0 saturated carbocycles. The first-order valence-corrected chi connectivity index (χ1v) is 8.37. The molecule has 25 heavy (non-hydrogen) atoms. The fourth-order valence-electron chi connectivity index (χ4n) is 3.02. The summed E-state index contributed by atoms with van der Waals surface area (Å²) in [5.41, 5.74) is 1.30. The number of para-hydroxylation sites is 2. The fourth-order valence-corrected chi connectivity index (χ4v) is 3.02. The van der Waals surface area contributed by atoms with E-state index >= 15 is 0 Å². The summed E-state index contributed by atoms with van der Waals surface area (Å²) in [6.45, 7) is 1.52. The lowest BCUT2D eigenvalue weighted by Gasteiger charge is -2.27. The van der Waals surface area contributed by atoms with E-state index in [2.05, 4.69) is 0 Å². The minimum Gasteiger partial charge on any atom is -0.300 e. The van der Waals surface area contributed by atoms with E-state index in [1.54, 1.807) is 24.3 Å². The molecule has 0 unspecified atom stereocenters.